The molecule has 232 valence electrons. The van der Waals surface area contributed by atoms with Gasteiger partial charge in [0, 0.05) is 50.5 Å². The summed E-state index contributed by atoms with van der Waals surface area (Å²) in [5, 5.41) is 10.5. The number of aromatic nitrogens is 2. The van der Waals surface area contributed by atoms with Crippen molar-refractivity contribution < 1.29 is 33.4 Å². The first kappa shape index (κ1) is 31.6. The average Bonchev–Trinajstić information content (AvgIpc) is 3.70. The number of unbranched alkanes of at least 4 members (excludes halogenated alkanes) is 2. The first-order valence-electron chi connectivity index (χ1n) is 15.1. The Morgan fingerprint density at radius 1 is 1.17 bits per heavy atom. The van der Waals surface area contributed by atoms with Crippen molar-refractivity contribution in [2.75, 3.05) is 67.8 Å². The van der Waals surface area contributed by atoms with Crippen molar-refractivity contribution in [3.63, 3.8) is 0 Å². The summed E-state index contributed by atoms with van der Waals surface area (Å²) in [5.74, 6) is -0.252. The van der Waals surface area contributed by atoms with Crippen LogP contribution in [-0.4, -0.2) is 115 Å². The molecule has 1 unspecified atom stereocenters. The molecule has 42 heavy (non-hydrogen) atoms. The third-order valence-electron chi connectivity index (χ3n) is 8.36. The molecule has 1 aromatic heterocycles. The smallest absolute Gasteiger partial charge is 0.308 e. The fraction of sp³-hybridized carbons (Fsp3) is 0.645. The van der Waals surface area contributed by atoms with Gasteiger partial charge in [0.1, 0.15) is 0 Å². The van der Waals surface area contributed by atoms with Gasteiger partial charge in [-0.1, -0.05) is 13.3 Å². The van der Waals surface area contributed by atoms with Gasteiger partial charge in [-0.05, 0) is 43.4 Å². The van der Waals surface area contributed by atoms with Crippen LogP contribution in [0.1, 0.15) is 50.5 Å². The highest BCUT2D eigenvalue weighted by Gasteiger charge is 2.47. The predicted octanol–water partition coefficient (Wildman–Crippen LogP) is 3.29. The maximum absolute atomic E-state index is 13.8. The number of hydrogen-bond acceptors (Lipinski definition) is 7. The van der Waals surface area contributed by atoms with Crippen molar-refractivity contribution in [1.82, 2.24) is 19.4 Å². The Morgan fingerprint density at radius 2 is 1.95 bits per heavy atom. The first-order chi connectivity index (χ1) is 20.1. The molecule has 0 spiro atoms. The topological polar surface area (TPSA) is 106 Å². The molecule has 1 fully saturated rings. The molecule has 3 heterocycles. The van der Waals surface area contributed by atoms with Gasteiger partial charge in [-0.25, -0.2) is 4.98 Å². The zero-order valence-electron chi connectivity index (χ0n) is 25.8. The number of rotatable bonds is 16. The Morgan fingerprint density at radius 3 is 2.62 bits per heavy atom. The minimum Gasteiger partial charge on any atom is -0.493 e. The van der Waals surface area contributed by atoms with E-state index in [0.29, 0.717) is 36.8 Å². The van der Waals surface area contributed by atoms with Crippen molar-refractivity contribution in [2.24, 2.45) is 5.92 Å². The minimum atomic E-state index is -0.870. The monoisotopic (exact) mass is 586 g/mol. The van der Waals surface area contributed by atoms with Gasteiger partial charge in [0.05, 0.1) is 53.6 Å². The summed E-state index contributed by atoms with van der Waals surface area (Å²) >= 11 is 0. The summed E-state index contributed by atoms with van der Waals surface area (Å²) in [6, 6.07) is 3.39. The molecule has 11 nitrogen and oxygen atoms in total. The SMILES string of the molecule is CCCCN(CCCC[N+](C)(C)C)C(=O)CN1C[C@H](c2cc(OC)c3c(c2)OCO3)C(C(=O)O)[C@@H]1CCn1ccnc1. The summed E-state index contributed by atoms with van der Waals surface area (Å²) < 4.78 is 19.6. The van der Waals surface area contributed by atoms with E-state index in [1.54, 1.807) is 19.6 Å². The van der Waals surface area contributed by atoms with E-state index in [9.17, 15) is 14.7 Å². The normalized spacial score (nSPS) is 20.2. The molecule has 11 heteroatoms. The Balaban J connectivity index is 1.57. The lowest BCUT2D eigenvalue weighted by molar-refractivity contribution is -0.870. The van der Waals surface area contributed by atoms with Crippen molar-refractivity contribution in [2.45, 2.75) is 57.5 Å². The second-order valence-corrected chi connectivity index (χ2v) is 12.5. The summed E-state index contributed by atoms with van der Waals surface area (Å²) in [5.41, 5.74) is 0.814. The number of nitrogens with zero attached hydrogens (tertiary/aromatic N) is 5. The molecular weight excluding hydrogens is 538 g/mol. The van der Waals surface area contributed by atoms with Crippen molar-refractivity contribution >= 4 is 11.9 Å². The van der Waals surface area contributed by atoms with E-state index in [1.807, 2.05) is 27.8 Å². The number of ether oxygens (including phenoxy) is 3. The second-order valence-electron chi connectivity index (χ2n) is 12.5. The molecule has 3 atom stereocenters. The molecular formula is C31H48N5O6+. The number of aliphatic carboxylic acids is 1. The molecule has 4 rings (SSSR count). The molecule has 1 aromatic carbocycles. The summed E-state index contributed by atoms with van der Waals surface area (Å²) in [4.78, 5) is 34.9. The first-order valence-corrected chi connectivity index (χ1v) is 15.1. The average molecular weight is 587 g/mol. The van der Waals surface area contributed by atoms with Crippen molar-refractivity contribution in [3.05, 3.63) is 36.4 Å². The highest BCUT2D eigenvalue weighted by atomic mass is 16.7. The molecule has 1 amide bonds. The third kappa shape index (κ3) is 7.95. The molecule has 0 bridgehead atoms. The number of hydrogen-bond donors (Lipinski definition) is 1. The standard InChI is InChI=1S/C31H47N5O6/c1-6-7-12-34(13-8-9-16-36(2,3)4)28(37)20-35-19-24(23-17-26(40-5)30-27(18-23)41-22-42-30)29(31(38)39)25(35)10-14-33-15-11-32-21-33/h11,15,17-18,21,24-25,29H,6-10,12-14,16,19-20,22H2,1-5H3/p+1/t24-,25+,29?/m1/s1. The van der Waals surface area contributed by atoms with Gasteiger partial charge in [0.15, 0.2) is 11.5 Å². The Hall–Kier alpha value is -3.31. The van der Waals surface area contributed by atoms with Gasteiger partial charge in [0.2, 0.25) is 18.4 Å². The van der Waals surface area contributed by atoms with Crippen LogP contribution in [0.25, 0.3) is 0 Å². The highest BCUT2D eigenvalue weighted by molar-refractivity contribution is 5.79. The van der Waals surface area contributed by atoms with Crippen LogP contribution in [-0.2, 0) is 16.1 Å². The van der Waals surface area contributed by atoms with Crippen LogP contribution in [0.2, 0.25) is 0 Å². The van der Waals surface area contributed by atoms with Gasteiger partial charge in [-0.2, -0.15) is 0 Å². The van der Waals surface area contributed by atoms with E-state index in [-0.39, 0.29) is 31.2 Å². The third-order valence-corrected chi connectivity index (χ3v) is 8.36. The van der Waals surface area contributed by atoms with Crippen LogP contribution in [0.4, 0.5) is 0 Å². The van der Waals surface area contributed by atoms with E-state index in [0.717, 1.165) is 55.4 Å². The highest BCUT2D eigenvalue weighted by Crippen LogP contribution is 2.47. The number of imidazole rings is 1. The lowest BCUT2D eigenvalue weighted by Gasteiger charge is -2.30. The number of carboxylic acid groups (broad SMARTS) is 1. The zero-order valence-corrected chi connectivity index (χ0v) is 25.8. The van der Waals surface area contributed by atoms with Gasteiger partial charge in [-0.15, -0.1) is 0 Å². The lowest BCUT2D eigenvalue weighted by Crippen LogP contribution is -2.45. The Kier molecular flexibility index (Phi) is 10.7. The number of carboxylic acids is 1. The van der Waals surface area contributed by atoms with Crippen LogP contribution in [0.5, 0.6) is 17.2 Å². The van der Waals surface area contributed by atoms with Crippen molar-refractivity contribution in [1.29, 1.82) is 0 Å². The number of carbonyl (C=O) groups excluding carboxylic acids is 1. The van der Waals surface area contributed by atoms with Gasteiger partial charge in [0.25, 0.3) is 0 Å². The number of benzene rings is 1. The van der Waals surface area contributed by atoms with Gasteiger partial charge < -0.3 is 33.3 Å². The Labute approximate surface area is 249 Å². The van der Waals surface area contributed by atoms with E-state index >= 15 is 0 Å². The molecule has 2 aliphatic heterocycles. The van der Waals surface area contributed by atoms with Crippen LogP contribution in [0.15, 0.2) is 30.9 Å². The minimum absolute atomic E-state index is 0.0642. The largest absolute Gasteiger partial charge is 0.493 e. The predicted molar refractivity (Wildman–Crippen MR) is 159 cm³/mol. The lowest BCUT2D eigenvalue weighted by atomic mass is 9.84. The number of methoxy groups -OCH3 is 1. The van der Waals surface area contributed by atoms with E-state index in [2.05, 4.69) is 38.0 Å². The summed E-state index contributed by atoms with van der Waals surface area (Å²) in [6.45, 7) is 5.97. The summed E-state index contributed by atoms with van der Waals surface area (Å²) in [7, 11) is 8.11. The molecule has 0 radical (unpaired) electrons. The number of fused-ring (bicyclic) bond motifs is 1. The number of amides is 1. The molecule has 0 saturated carbocycles. The number of quaternary nitrogens is 1. The number of likely N-dealkylation sites (tertiary alicyclic amines) is 1. The fourth-order valence-corrected chi connectivity index (χ4v) is 6.13. The second kappa shape index (κ2) is 14.2. The van der Waals surface area contributed by atoms with Crippen LogP contribution in [0.3, 0.4) is 0 Å². The number of carbonyl (C=O) groups is 2. The quantitative estimate of drug-likeness (QED) is 0.236. The van der Waals surface area contributed by atoms with Crippen LogP contribution in [0, 0.1) is 5.92 Å². The van der Waals surface area contributed by atoms with Crippen LogP contribution < -0.4 is 14.2 Å². The fourth-order valence-electron chi connectivity index (χ4n) is 6.13. The molecule has 0 aliphatic carbocycles. The Bertz CT molecular complexity index is 1180. The molecule has 1 saturated heterocycles. The van der Waals surface area contributed by atoms with E-state index in [1.165, 1.54) is 0 Å². The zero-order chi connectivity index (χ0) is 30.3. The molecule has 2 aromatic rings. The molecule has 1 N–H and O–H groups in total. The molecule has 2 aliphatic rings. The van der Waals surface area contributed by atoms with E-state index in [4.69, 9.17) is 14.2 Å². The summed E-state index contributed by atoms with van der Waals surface area (Å²) in [6.07, 6.45) is 9.87. The van der Waals surface area contributed by atoms with E-state index < -0.39 is 11.9 Å². The van der Waals surface area contributed by atoms with Crippen LogP contribution >= 0.6 is 0 Å². The maximum atomic E-state index is 13.8. The number of aryl methyl sites for hydroxylation is 1. The van der Waals surface area contributed by atoms with Gasteiger partial charge in [-0.3, -0.25) is 14.5 Å². The van der Waals surface area contributed by atoms with Crippen molar-refractivity contribution in [3.8, 4) is 17.2 Å². The van der Waals surface area contributed by atoms with Gasteiger partial charge >= 0.3 is 5.97 Å². The maximum Gasteiger partial charge on any atom is 0.308 e.